The summed E-state index contributed by atoms with van der Waals surface area (Å²) in [6, 6.07) is -0.0650. The van der Waals surface area contributed by atoms with Crippen molar-refractivity contribution in [2.24, 2.45) is 0 Å². The lowest BCUT2D eigenvalue weighted by molar-refractivity contribution is -0.146. The van der Waals surface area contributed by atoms with Gasteiger partial charge in [-0.3, -0.25) is 14.4 Å². The number of carbonyl (C=O) groups excluding carboxylic acids is 2. The van der Waals surface area contributed by atoms with Crippen LogP contribution in [-0.4, -0.2) is 58.9 Å². The zero-order chi connectivity index (χ0) is 12.1. The summed E-state index contributed by atoms with van der Waals surface area (Å²) in [5.41, 5.74) is 0. The van der Waals surface area contributed by atoms with Gasteiger partial charge >= 0.3 is 5.97 Å². The smallest absolute Gasteiger partial charge is 0.323 e. The van der Waals surface area contributed by atoms with Crippen LogP contribution in [0.3, 0.4) is 0 Å². The number of carboxylic acid groups (broad SMARTS) is 1. The number of hydrogen-bond acceptors (Lipinski definition) is 3. The zero-order valence-corrected chi connectivity index (χ0v) is 9.26. The quantitative estimate of drug-likeness (QED) is 0.660. The Bertz CT molecular complexity index is 285. The summed E-state index contributed by atoms with van der Waals surface area (Å²) in [7, 11) is 0. The molecule has 0 aromatic rings. The van der Waals surface area contributed by atoms with E-state index in [0.717, 1.165) is 6.41 Å². The Hall–Kier alpha value is -1.59. The van der Waals surface area contributed by atoms with Gasteiger partial charge in [-0.1, -0.05) is 0 Å². The average molecular weight is 228 g/mol. The molecule has 6 heteroatoms. The molecular formula is C10H16N2O4. The largest absolute Gasteiger partial charge is 0.480 e. The topological polar surface area (TPSA) is 77.9 Å². The molecule has 1 rings (SSSR count). The fraction of sp³-hybridized carbons (Fsp3) is 0.700. The number of piperidine rings is 1. The minimum atomic E-state index is -1.01. The second-order valence-corrected chi connectivity index (χ2v) is 3.91. The first-order chi connectivity index (χ1) is 7.54. The summed E-state index contributed by atoms with van der Waals surface area (Å²) in [4.78, 5) is 35.4. The number of rotatable bonds is 4. The van der Waals surface area contributed by atoms with Crippen molar-refractivity contribution in [3.63, 3.8) is 0 Å². The molecule has 90 valence electrons. The van der Waals surface area contributed by atoms with E-state index in [0.29, 0.717) is 25.9 Å². The van der Waals surface area contributed by atoms with Gasteiger partial charge in [0.25, 0.3) is 0 Å². The average Bonchev–Trinajstić information content (AvgIpc) is 2.25. The molecule has 1 aliphatic heterocycles. The lowest BCUT2D eigenvalue weighted by atomic mass is 10.0. The maximum Gasteiger partial charge on any atom is 0.323 e. The van der Waals surface area contributed by atoms with E-state index < -0.39 is 5.97 Å². The molecule has 2 amide bonds. The Morgan fingerprint density at radius 3 is 2.38 bits per heavy atom. The fourth-order valence-electron chi connectivity index (χ4n) is 1.95. The van der Waals surface area contributed by atoms with E-state index in [9.17, 15) is 14.4 Å². The lowest BCUT2D eigenvalue weighted by Crippen LogP contribution is -2.48. The number of aliphatic carboxylic acids is 1. The van der Waals surface area contributed by atoms with E-state index in [1.807, 2.05) is 0 Å². The highest BCUT2D eigenvalue weighted by atomic mass is 16.4. The van der Waals surface area contributed by atoms with Crippen LogP contribution in [0.15, 0.2) is 0 Å². The molecule has 0 bridgehead atoms. The van der Waals surface area contributed by atoms with Crippen LogP contribution in [-0.2, 0) is 14.4 Å². The molecular weight excluding hydrogens is 212 g/mol. The van der Waals surface area contributed by atoms with Crippen molar-refractivity contribution in [2.75, 3.05) is 19.6 Å². The molecule has 0 aromatic heterocycles. The standard InChI is InChI=1S/C10H16N2O4/c1-8(14)12(6-10(15)16)9-2-4-11(7-13)5-3-9/h7,9H,2-6H2,1H3,(H,15,16). The van der Waals surface area contributed by atoms with E-state index >= 15 is 0 Å². The van der Waals surface area contributed by atoms with Crippen LogP contribution in [0, 0.1) is 0 Å². The summed E-state index contributed by atoms with van der Waals surface area (Å²) in [6.07, 6.45) is 2.07. The monoisotopic (exact) mass is 228 g/mol. The van der Waals surface area contributed by atoms with Crippen LogP contribution in [0.2, 0.25) is 0 Å². The van der Waals surface area contributed by atoms with Crippen molar-refractivity contribution in [1.82, 2.24) is 9.80 Å². The fourth-order valence-corrected chi connectivity index (χ4v) is 1.95. The van der Waals surface area contributed by atoms with Gasteiger partial charge in [-0.2, -0.15) is 0 Å². The SMILES string of the molecule is CC(=O)N(CC(=O)O)C1CCN(C=O)CC1. The number of likely N-dealkylation sites (tertiary alicyclic amines) is 1. The summed E-state index contributed by atoms with van der Waals surface area (Å²) in [5.74, 6) is -1.24. The number of nitrogens with zero attached hydrogens (tertiary/aromatic N) is 2. The molecule has 1 heterocycles. The predicted molar refractivity (Wildman–Crippen MR) is 55.7 cm³/mol. The van der Waals surface area contributed by atoms with Gasteiger partial charge in [-0.05, 0) is 12.8 Å². The van der Waals surface area contributed by atoms with Crippen molar-refractivity contribution in [3.8, 4) is 0 Å². The van der Waals surface area contributed by atoms with E-state index in [1.165, 1.54) is 11.8 Å². The van der Waals surface area contributed by atoms with Crippen molar-refractivity contribution in [3.05, 3.63) is 0 Å². The molecule has 16 heavy (non-hydrogen) atoms. The summed E-state index contributed by atoms with van der Waals surface area (Å²) >= 11 is 0. The Labute approximate surface area is 93.8 Å². The van der Waals surface area contributed by atoms with E-state index in [-0.39, 0.29) is 18.5 Å². The van der Waals surface area contributed by atoms with E-state index in [2.05, 4.69) is 0 Å². The molecule has 0 radical (unpaired) electrons. The van der Waals surface area contributed by atoms with Crippen LogP contribution in [0.4, 0.5) is 0 Å². The third-order valence-corrected chi connectivity index (χ3v) is 2.80. The van der Waals surface area contributed by atoms with Gasteiger partial charge in [0, 0.05) is 26.1 Å². The number of hydrogen-bond donors (Lipinski definition) is 1. The Morgan fingerprint density at radius 2 is 2.00 bits per heavy atom. The van der Waals surface area contributed by atoms with Crippen LogP contribution >= 0.6 is 0 Å². The van der Waals surface area contributed by atoms with Crippen LogP contribution in [0.5, 0.6) is 0 Å². The van der Waals surface area contributed by atoms with Gasteiger partial charge in [0.2, 0.25) is 12.3 Å². The summed E-state index contributed by atoms with van der Waals surface area (Å²) in [6.45, 7) is 2.27. The maximum atomic E-state index is 11.3. The molecule has 0 atom stereocenters. The van der Waals surface area contributed by atoms with Gasteiger partial charge in [-0.25, -0.2) is 0 Å². The van der Waals surface area contributed by atoms with Gasteiger partial charge in [0.15, 0.2) is 0 Å². The van der Waals surface area contributed by atoms with E-state index in [4.69, 9.17) is 5.11 Å². The van der Waals surface area contributed by atoms with Gasteiger partial charge in [-0.15, -0.1) is 0 Å². The van der Waals surface area contributed by atoms with Crippen LogP contribution < -0.4 is 0 Å². The third kappa shape index (κ3) is 3.22. The molecule has 0 spiro atoms. The molecule has 0 saturated carbocycles. The highest BCUT2D eigenvalue weighted by Gasteiger charge is 2.26. The molecule has 1 aliphatic rings. The first-order valence-corrected chi connectivity index (χ1v) is 5.23. The minimum Gasteiger partial charge on any atom is -0.480 e. The Kier molecular flexibility index (Phi) is 4.28. The van der Waals surface area contributed by atoms with E-state index in [1.54, 1.807) is 4.90 Å². The second kappa shape index (κ2) is 5.48. The molecule has 0 unspecified atom stereocenters. The molecule has 1 fully saturated rings. The Balaban J connectivity index is 2.56. The molecule has 1 N–H and O–H groups in total. The van der Waals surface area contributed by atoms with Crippen molar-refractivity contribution in [2.45, 2.75) is 25.8 Å². The minimum absolute atomic E-state index is 0.0650. The van der Waals surface area contributed by atoms with Gasteiger partial charge in [0.05, 0.1) is 0 Å². The second-order valence-electron chi connectivity index (χ2n) is 3.91. The van der Waals surface area contributed by atoms with Crippen LogP contribution in [0.1, 0.15) is 19.8 Å². The molecule has 6 nitrogen and oxygen atoms in total. The highest BCUT2D eigenvalue weighted by molar-refractivity contribution is 5.79. The van der Waals surface area contributed by atoms with Gasteiger partial charge < -0.3 is 14.9 Å². The first kappa shape index (κ1) is 12.5. The summed E-state index contributed by atoms with van der Waals surface area (Å²) < 4.78 is 0. The number of carboxylic acids is 1. The number of carbonyl (C=O) groups is 3. The number of amides is 2. The lowest BCUT2D eigenvalue weighted by Gasteiger charge is -2.36. The predicted octanol–water partition coefficient (Wildman–Crippen LogP) is -0.460. The molecule has 1 saturated heterocycles. The van der Waals surface area contributed by atoms with Crippen molar-refractivity contribution in [1.29, 1.82) is 0 Å². The van der Waals surface area contributed by atoms with Gasteiger partial charge in [0.1, 0.15) is 6.54 Å². The molecule has 0 aliphatic carbocycles. The Morgan fingerprint density at radius 1 is 1.44 bits per heavy atom. The molecule has 0 aromatic carbocycles. The first-order valence-electron chi connectivity index (χ1n) is 5.23. The maximum absolute atomic E-state index is 11.3. The van der Waals surface area contributed by atoms with Crippen molar-refractivity contribution < 1.29 is 19.5 Å². The zero-order valence-electron chi connectivity index (χ0n) is 9.26. The highest BCUT2D eigenvalue weighted by Crippen LogP contribution is 2.15. The summed E-state index contributed by atoms with van der Waals surface area (Å²) in [5, 5.41) is 8.70. The normalized spacial score (nSPS) is 16.9. The third-order valence-electron chi connectivity index (χ3n) is 2.80. The van der Waals surface area contributed by atoms with Crippen LogP contribution in [0.25, 0.3) is 0 Å². The van der Waals surface area contributed by atoms with Crippen molar-refractivity contribution >= 4 is 18.3 Å².